The first-order valence-corrected chi connectivity index (χ1v) is 8.59. The fourth-order valence-electron chi connectivity index (χ4n) is 2.69. The minimum absolute atomic E-state index is 0.332. The van der Waals surface area contributed by atoms with Crippen LogP contribution in [0.4, 0.5) is 17.3 Å². The van der Waals surface area contributed by atoms with Gasteiger partial charge in [-0.25, -0.2) is 9.97 Å². The van der Waals surface area contributed by atoms with Gasteiger partial charge in [0.25, 0.3) is 5.91 Å². The fraction of sp³-hybridized carbons (Fsp3) is 0.143. The highest BCUT2D eigenvalue weighted by Gasteiger charge is 2.10. The largest absolute Gasteiger partial charge is 0.324 e. The molecule has 2 N–H and O–H groups in total. The fourth-order valence-corrected chi connectivity index (χ4v) is 2.69. The maximum atomic E-state index is 12.3. The number of anilines is 3. The summed E-state index contributed by atoms with van der Waals surface area (Å²) in [5.74, 6) is 0.101. The molecule has 6 nitrogen and oxygen atoms in total. The molecule has 0 saturated heterocycles. The average Bonchev–Trinajstić information content (AvgIpc) is 2.70. The van der Waals surface area contributed by atoms with Crippen molar-refractivity contribution in [3.8, 4) is 6.07 Å². The molecule has 27 heavy (non-hydrogen) atoms. The number of carbonyl (C=O) groups excluding carboxylic acids is 1. The molecule has 0 aliphatic rings. The Morgan fingerprint density at radius 1 is 1.15 bits per heavy atom. The SMILES string of the molecule is CCc1cccc(C)c1Nc1ncc(C(=O)Nc2cccc(C#N)c2)cn1. The summed E-state index contributed by atoms with van der Waals surface area (Å²) in [4.78, 5) is 20.8. The Balaban J connectivity index is 1.74. The molecule has 0 atom stereocenters. The monoisotopic (exact) mass is 357 g/mol. The van der Waals surface area contributed by atoms with Crippen LogP contribution in [0.3, 0.4) is 0 Å². The normalized spacial score (nSPS) is 10.1. The van der Waals surface area contributed by atoms with Crippen molar-refractivity contribution in [3.63, 3.8) is 0 Å². The summed E-state index contributed by atoms with van der Waals surface area (Å²) < 4.78 is 0. The Morgan fingerprint density at radius 3 is 2.59 bits per heavy atom. The Kier molecular flexibility index (Phi) is 5.43. The Bertz CT molecular complexity index is 1010. The molecule has 0 aliphatic heterocycles. The number of nitrogens with one attached hydrogen (secondary N) is 2. The van der Waals surface area contributed by atoms with Gasteiger partial charge >= 0.3 is 0 Å². The second-order valence-electron chi connectivity index (χ2n) is 6.03. The lowest BCUT2D eigenvalue weighted by molar-refractivity contribution is 0.102. The molecule has 0 aliphatic carbocycles. The van der Waals surface area contributed by atoms with Gasteiger partial charge in [0, 0.05) is 23.8 Å². The Morgan fingerprint density at radius 2 is 1.89 bits per heavy atom. The maximum absolute atomic E-state index is 12.3. The van der Waals surface area contributed by atoms with Gasteiger partial charge in [0.15, 0.2) is 0 Å². The van der Waals surface area contributed by atoms with Gasteiger partial charge in [-0.1, -0.05) is 31.2 Å². The number of para-hydroxylation sites is 1. The highest BCUT2D eigenvalue weighted by molar-refractivity contribution is 6.04. The summed E-state index contributed by atoms with van der Waals surface area (Å²) >= 11 is 0. The first-order chi connectivity index (χ1) is 13.1. The molecular weight excluding hydrogens is 338 g/mol. The topological polar surface area (TPSA) is 90.7 Å². The third kappa shape index (κ3) is 4.28. The van der Waals surface area contributed by atoms with E-state index in [1.54, 1.807) is 24.3 Å². The van der Waals surface area contributed by atoms with Crippen LogP contribution in [0.1, 0.15) is 34.0 Å². The zero-order valence-corrected chi connectivity index (χ0v) is 15.2. The van der Waals surface area contributed by atoms with E-state index in [0.29, 0.717) is 22.8 Å². The molecule has 0 bridgehead atoms. The van der Waals surface area contributed by atoms with Crippen LogP contribution in [0, 0.1) is 18.3 Å². The molecule has 0 unspecified atom stereocenters. The molecule has 3 rings (SSSR count). The van der Waals surface area contributed by atoms with Crippen molar-refractivity contribution in [2.75, 3.05) is 10.6 Å². The van der Waals surface area contributed by atoms with Gasteiger partial charge in [-0.15, -0.1) is 0 Å². The molecule has 1 amide bonds. The summed E-state index contributed by atoms with van der Waals surface area (Å²) in [6.07, 6.45) is 3.84. The van der Waals surface area contributed by atoms with Crippen LogP contribution in [0.5, 0.6) is 0 Å². The number of hydrogen-bond donors (Lipinski definition) is 2. The number of aryl methyl sites for hydroxylation is 2. The van der Waals surface area contributed by atoms with E-state index in [-0.39, 0.29) is 5.91 Å². The zero-order valence-electron chi connectivity index (χ0n) is 15.2. The minimum Gasteiger partial charge on any atom is -0.324 e. The van der Waals surface area contributed by atoms with Gasteiger partial charge in [-0.3, -0.25) is 4.79 Å². The van der Waals surface area contributed by atoms with E-state index in [0.717, 1.165) is 17.7 Å². The third-order valence-corrected chi connectivity index (χ3v) is 4.14. The first kappa shape index (κ1) is 18.1. The summed E-state index contributed by atoms with van der Waals surface area (Å²) in [5, 5.41) is 14.9. The van der Waals surface area contributed by atoms with Crippen molar-refractivity contribution < 1.29 is 4.79 Å². The second-order valence-corrected chi connectivity index (χ2v) is 6.03. The second kappa shape index (κ2) is 8.11. The van der Waals surface area contributed by atoms with E-state index in [1.165, 1.54) is 18.0 Å². The van der Waals surface area contributed by atoms with Gasteiger partial charge < -0.3 is 10.6 Å². The minimum atomic E-state index is -0.332. The molecule has 0 radical (unpaired) electrons. The number of aromatic nitrogens is 2. The van der Waals surface area contributed by atoms with Gasteiger partial charge in [-0.05, 0) is 42.7 Å². The lowest BCUT2D eigenvalue weighted by Gasteiger charge is -2.13. The average molecular weight is 357 g/mol. The lowest BCUT2D eigenvalue weighted by Crippen LogP contribution is -2.13. The van der Waals surface area contributed by atoms with E-state index < -0.39 is 0 Å². The summed E-state index contributed by atoms with van der Waals surface area (Å²) in [6, 6.07) is 14.9. The number of nitriles is 1. The molecule has 0 spiro atoms. The van der Waals surface area contributed by atoms with Crippen LogP contribution in [-0.2, 0) is 6.42 Å². The highest BCUT2D eigenvalue weighted by atomic mass is 16.1. The predicted octanol–water partition coefficient (Wildman–Crippen LogP) is 4.22. The van der Waals surface area contributed by atoms with Crippen LogP contribution in [0.25, 0.3) is 0 Å². The van der Waals surface area contributed by atoms with E-state index in [4.69, 9.17) is 5.26 Å². The number of hydrogen-bond acceptors (Lipinski definition) is 5. The van der Waals surface area contributed by atoms with Crippen molar-refractivity contribution in [1.29, 1.82) is 5.26 Å². The smallest absolute Gasteiger partial charge is 0.258 e. The van der Waals surface area contributed by atoms with Crippen LogP contribution in [0.15, 0.2) is 54.9 Å². The van der Waals surface area contributed by atoms with Gasteiger partial charge in [0.05, 0.1) is 17.2 Å². The number of carbonyl (C=O) groups is 1. The quantitative estimate of drug-likeness (QED) is 0.713. The zero-order chi connectivity index (χ0) is 19.2. The predicted molar refractivity (Wildman–Crippen MR) is 105 cm³/mol. The van der Waals surface area contributed by atoms with Gasteiger partial charge in [0.2, 0.25) is 5.95 Å². The molecule has 0 fully saturated rings. The standard InChI is InChI=1S/C21H19N5O/c1-3-16-8-4-6-14(2)19(16)26-21-23-12-17(13-24-21)20(27)25-18-9-5-7-15(10-18)11-22/h4-10,12-13H,3H2,1-2H3,(H,25,27)(H,23,24,26). The number of amides is 1. The van der Waals surface area contributed by atoms with Gasteiger partial charge in [-0.2, -0.15) is 5.26 Å². The van der Waals surface area contributed by atoms with Crippen LogP contribution in [-0.4, -0.2) is 15.9 Å². The van der Waals surface area contributed by atoms with Gasteiger partial charge in [0.1, 0.15) is 0 Å². The van der Waals surface area contributed by atoms with Crippen LogP contribution >= 0.6 is 0 Å². The van der Waals surface area contributed by atoms with E-state index >= 15 is 0 Å². The molecule has 0 saturated carbocycles. The van der Waals surface area contributed by atoms with Crippen LogP contribution < -0.4 is 10.6 Å². The molecule has 1 aromatic heterocycles. The van der Waals surface area contributed by atoms with E-state index in [9.17, 15) is 4.79 Å². The number of rotatable bonds is 5. The molecular formula is C21H19N5O. The molecule has 6 heteroatoms. The molecule has 3 aromatic rings. The Hall–Kier alpha value is -3.72. The van der Waals surface area contributed by atoms with Crippen LogP contribution in [0.2, 0.25) is 0 Å². The number of benzene rings is 2. The maximum Gasteiger partial charge on any atom is 0.258 e. The van der Waals surface area contributed by atoms with Crippen molar-refractivity contribution in [2.45, 2.75) is 20.3 Å². The molecule has 134 valence electrons. The highest BCUT2D eigenvalue weighted by Crippen LogP contribution is 2.23. The van der Waals surface area contributed by atoms with Crippen molar-refractivity contribution in [1.82, 2.24) is 9.97 Å². The van der Waals surface area contributed by atoms with Crippen molar-refractivity contribution in [3.05, 3.63) is 77.1 Å². The van der Waals surface area contributed by atoms with Crippen molar-refractivity contribution >= 4 is 23.2 Å². The van der Waals surface area contributed by atoms with E-state index in [2.05, 4.69) is 33.6 Å². The first-order valence-electron chi connectivity index (χ1n) is 8.59. The third-order valence-electron chi connectivity index (χ3n) is 4.14. The molecule has 2 aromatic carbocycles. The van der Waals surface area contributed by atoms with E-state index in [1.807, 2.05) is 25.1 Å². The lowest BCUT2D eigenvalue weighted by atomic mass is 10.1. The number of nitrogens with zero attached hydrogens (tertiary/aromatic N) is 3. The van der Waals surface area contributed by atoms with Crippen molar-refractivity contribution in [2.24, 2.45) is 0 Å². The summed E-state index contributed by atoms with van der Waals surface area (Å²) in [7, 11) is 0. The Labute approximate surface area is 157 Å². The summed E-state index contributed by atoms with van der Waals surface area (Å²) in [6.45, 7) is 4.12. The molecule has 1 heterocycles. The summed E-state index contributed by atoms with van der Waals surface area (Å²) in [5.41, 5.74) is 4.64.